The monoisotopic (exact) mass is 232 g/mol. The van der Waals surface area contributed by atoms with Crippen LogP contribution in [-0.4, -0.2) is 22.9 Å². The molecule has 0 spiro atoms. The van der Waals surface area contributed by atoms with Crippen LogP contribution in [0.4, 0.5) is 0 Å². The van der Waals surface area contributed by atoms with Crippen molar-refractivity contribution >= 4 is 11.8 Å². The Morgan fingerprint density at radius 2 is 2.12 bits per heavy atom. The summed E-state index contributed by atoms with van der Waals surface area (Å²) >= 11 is 0. The first-order chi connectivity index (χ1) is 8.11. The van der Waals surface area contributed by atoms with Crippen molar-refractivity contribution in [3.05, 3.63) is 24.3 Å². The minimum Gasteiger partial charge on any atom is -0.274 e. The summed E-state index contributed by atoms with van der Waals surface area (Å²) in [5, 5.41) is 1.41. The van der Waals surface area contributed by atoms with E-state index in [9.17, 15) is 9.59 Å². The standard InChI is InChI=1S/C7H12N2O2.C6H4/c1-3-6-4-7(11)9(6)8-5(2)10;1-2-5-4-6(5)3-1/h6H,3-4H2,1-2H3,(H,8,10);1-4H. The zero-order chi connectivity index (χ0) is 12.4. The van der Waals surface area contributed by atoms with Gasteiger partial charge in [0.2, 0.25) is 11.8 Å². The SMILES string of the molecule is CCC1CC(=O)N1NC(C)=O.c1cc2cc-2c1. The molecular weight excluding hydrogens is 216 g/mol. The molecule has 0 radical (unpaired) electrons. The molecule has 0 aromatic rings. The fourth-order valence-electron chi connectivity index (χ4n) is 1.81. The van der Waals surface area contributed by atoms with Gasteiger partial charge in [0, 0.05) is 6.92 Å². The number of amides is 2. The lowest BCUT2D eigenvalue weighted by atomic mass is 10.0. The number of nitrogens with zero attached hydrogens (tertiary/aromatic N) is 1. The maximum absolute atomic E-state index is 10.8. The fraction of sp³-hybridized carbons (Fsp3) is 0.385. The van der Waals surface area contributed by atoms with E-state index in [2.05, 4.69) is 29.7 Å². The van der Waals surface area contributed by atoms with Crippen LogP contribution in [0, 0.1) is 0 Å². The van der Waals surface area contributed by atoms with E-state index in [0.717, 1.165) is 6.42 Å². The summed E-state index contributed by atoms with van der Waals surface area (Å²) in [6.07, 6.45) is 1.46. The third-order valence-electron chi connectivity index (χ3n) is 2.91. The van der Waals surface area contributed by atoms with Crippen LogP contribution in [0.5, 0.6) is 0 Å². The highest BCUT2D eigenvalue weighted by Gasteiger charge is 2.35. The van der Waals surface area contributed by atoms with Gasteiger partial charge < -0.3 is 0 Å². The number of hydrazine groups is 1. The lowest BCUT2D eigenvalue weighted by Crippen LogP contribution is -2.60. The molecule has 2 aliphatic carbocycles. The summed E-state index contributed by atoms with van der Waals surface area (Å²) in [6.45, 7) is 3.39. The topological polar surface area (TPSA) is 49.4 Å². The first-order valence-corrected chi connectivity index (χ1v) is 5.81. The van der Waals surface area contributed by atoms with E-state index in [1.807, 2.05) is 6.92 Å². The third kappa shape index (κ3) is 2.64. The fourth-order valence-corrected chi connectivity index (χ4v) is 1.81. The van der Waals surface area contributed by atoms with Gasteiger partial charge in [-0.1, -0.05) is 25.1 Å². The van der Waals surface area contributed by atoms with E-state index in [4.69, 9.17) is 0 Å². The quantitative estimate of drug-likeness (QED) is 0.801. The zero-order valence-corrected chi connectivity index (χ0v) is 10.1. The van der Waals surface area contributed by atoms with Crippen molar-refractivity contribution in [1.82, 2.24) is 10.4 Å². The number of hydrogen-bond acceptors (Lipinski definition) is 2. The normalized spacial score (nSPS) is 18.8. The summed E-state index contributed by atoms with van der Waals surface area (Å²) in [5.41, 5.74) is 5.33. The maximum atomic E-state index is 10.8. The molecule has 3 aliphatic rings. The van der Waals surface area contributed by atoms with Crippen LogP contribution in [0.15, 0.2) is 24.3 Å². The van der Waals surface area contributed by atoms with E-state index < -0.39 is 0 Å². The Kier molecular flexibility index (Phi) is 3.13. The van der Waals surface area contributed by atoms with E-state index in [0.29, 0.717) is 6.42 Å². The van der Waals surface area contributed by atoms with E-state index in [1.165, 1.54) is 23.1 Å². The molecule has 4 heteroatoms. The molecule has 90 valence electrons. The zero-order valence-electron chi connectivity index (χ0n) is 10.1. The minimum atomic E-state index is -0.184. The summed E-state index contributed by atoms with van der Waals surface area (Å²) < 4.78 is 0. The largest absolute Gasteiger partial charge is 0.274 e. The highest BCUT2D eigenvalue weighted by molar-refractivity contribution is 5.86. The summed E-state index contributed by atoms with van der Waals surface area (Å²) in [5.74, 6) is -0.177. The lowest BCUT2D eigenvalue weighted by Gasteiger charge is -2.39. The van der Waals surface area contributed by atoms with Crippen molar-refractivity contribution < 1.29 is 9.59 Å². The van der Waals surface area contributed by atoms with Crippen molar-refractivity contribution in [2.24, 2.45) is 0 Å². The molecule has 2 amide bonds. The molecule has 1 aliphatic heterocycles. The van der Waals surface area contributed by atoms with Crippen LogP contribution < -0.4 is 5.43 Å². The van der Waals surface area contributed by atoms with E-state index >= 15 is 0 Å². The molecule has 0 saturated carbocycles. The number of benzene rings is 1. The van der Waals surface area contributed by atoms with Crippen LogP contribution in [-0.2, 0) is 9.59 Å². The molecule has 17 heavy (non-hydrogen) atoms. The number of carbonyl (C=O) groups is 2. The molecule has 3 rings (SSSR count). The second kappa shape index (κ2) is 4.57. The van der Waals surface area contributed by atoms with Crippen molar-refractivity contribution in [3.63, 3.8) is 0 Å². The van der Waals surface area contributed by atoms with Gasteiger partial charge in [0.05, 0.1) is 12.5 Å². The molecule has 1 atom stereocenters. The molecule has 0 aromatic carbocycles. The molecule has 4 nitrogen and oxygen atoms in total. The van der Waals surface area contributed by atoms with Gasteiger partial charge in [-0.25, -0.2) is 0 Å². The summed E-state index contributed by atoms with van der Waals surface area (Å²) in [7, 11) is 0. The summed E-state index contributed by atoms with van der Waals surface area (Å²) in [6, 6.07) is 8.70. The molecule has 1 saturated heterocycles. The van der Waals surface area contributed by atoms with Crippen molar-refractivity contribution in [2.45, 2.75) is 32.7 Å². The van der Waals surface area contributed by atoms with Gasteiger partial charge >= 0.3 is 0 Å². The highest BCUT2D eigenvalue weighted by Crippen LogP contribution is 2.32. The van der Waals surface area contributed by atoms with E-state index in [1.54, 1.807) is 0 Å². The molecule has 0 bridgehead atoms. The molecule has 1 heterocycles. The number of β-lactam (4-membered cyclic amide) rings is 1. The number of fused-ring (bicyclic) bond motifs is 1. The Balaban J connectivity index is 0.000000148. The highest BCUT2D eigenvalue weighted by atomic mass is 16.2. The predicted molar refractivity (Wildman–Crippen MR) is 64.8 cm³/mol. The second-order valence-electron chi connectivity index (χ2n) is 4.28. The number of rotatable bonds is 2. The second-order valence-corrected chi connectivity index (χ2v) is 4.28. The van der Waals surface area contributed by atoms with Gasteiger partial charge in [0.1, 0.15) is 0 Å². The van der Waals surface area contributed by atoms with Gasteiger partial charge in [-0.2, -0.15) is 0 Å². The Morgan fingerprint density at radius 3 is 2.41 bits per heavy atom. The number of hydrogen-bond donors (Lipinski definition) is 1. The van der Waals surface area contributed by atoms with Gasteiger partial charge in [-0.3, -0.25) is 20.0 Å². The van der Waals surface area contributed by atoms with Crippen molar-refractivity contribution in [3.8, 4) is 11.1 Å². The average Bonchev–Trinajstić information content (AvgIpc) is 2.91. The van der Waals surface area contributed by atoms with Gasteiger partial charge in [0.15, 0.2) is 0 Å². The van der Waals surface area contributed by atoms with Crippen molar-refractivity contribution in [1.29, 1.82) is 0 Å². The molecule has 1 fully saturated rings. The van der Waals surface area contributed by atoms with Crippen LogP contribution >= 0.6 is 0 Å². The van der Waals surface area contributed by atoms with Crippen LogP contribution in [0.3, 0.4) is 0 Å². The first-order valence-electron chi connectivity index (χ1n) is 5.81. The number of nitrogens with one attached hydrogen (secondary N) is 1. The van der Waals surface area contributed by atoms with Crippen LogP contribution in [0.2, 0.25) is 0 Å². The van der Waals surface area contributed by atoms with Gasteiger partial charge in [0.25, 0.3) is 0 Å². The minimum absolute atomic E-state index is 0.00653. The Morgan fingerprint density at radius 1 is 1.47 bits per heavy atom. The Labute approximate surface area is 101 Å². The third-order valence-corrected chi connectivity index (χ3v) is 2.91. The number of carbonyl (C=O) groups excluding carboxylic acids is 2. The Bertz CT molecular complexity index is 439. The Hall–Kier alpha value is -1.84. The van der Waals surface area contributed by atoms with E-state index in [-0.39, 0.29) is 17.9 Å². The van der Waals surface area contributed by atoms with Gasteiger partial charge in [-0.05, 0) is 23.6 Å². The predicted octanol–water partition coefficient (Wildman–Crippen LogP) is 1.72. The average molecular weight is 232 g/mol. The first kappa shape index (κ1) is 11.6. The van der Waals surface area contributed by atoms with Crippen LogP contribution in [0.1, 0.15) is 26.7 Å². The van der Waals surface area contributed by atoms with Crippen molar-refractivity contribution in [2.75, 3.05) is 0 Å². The maximum Gasteiger partial charge on any atom is 0.243 e. The molecule has 1 unspecified atom stereocenters. The molecular formula is C13H16N2O2. The van der Waals surface area contributed by atoms with Gasteiger partial charge in [-0.15, -0.1) is 0 Å². The van der Waals surface area contributed by atoms with Crippen LogP contribution in [0.25, 0.3) is 11.1 Å². The molecule has 0 aromatic heterocycles. The molecule has 1 N–H and O–H groups in total. The summed E-state index contributed by atoms with van der Waals surface area (Å²) in [4.78, 5) is 21.4. The lowest BCUT2D eigenvalue weighted by molar-refractivity contribution is -0.156. The smallest absolute Gasteiger partial charge is 0.243 e.